The number of nitro groups is 1. The van der Waals surface area contributed by atoms with E-state index in [1.165, 1.54) is 30.0 Å². The van der Waals surface area contributed by atoms with Crippen LogP contribution < -0.4 is 10.2 Å². The smallest absolute Gasteiger partial charge is 0.344 e. The number of aryl methyl sites for hydroxylation is 2. The van der Waals surface area contributed by atoms with E-state index in [9.17, 15) is 19.7 Å². The number of thioether (sulfide) groups is 1. The van der Waals surface area contributed by atoms with Crippen LogP contribution in [0.15, 0.2) is 57.3 Å². The normalized spacial score (nSPS) is 10.6. The van der Waals surface area contributed by atoms with Crippen LogP contribution in [-0.2, 0) is 12.8 Å². The SMILES string of the molecule is Cc1ccc(C(=O)Oc2coc(CSc3nccn3C)cc2=O)cc1[N+](=O)[O-]. The van der Waals surface area contributed by atoms with Gasteiger partial charge >= 0.3 is 5.97 Å². The highest BCUT2D eigenvalue weighted by Crippen LogP contribution is 2.22. The molecule has 0 radical (unpaired) electrons. The number of aromatic nitrogens is 2. The van der Waals surface area contributed by atoms with Crippen molar-refractivity contribution < 1.29 is 18.9 Å². The number of nitrogens with zero attached hydrogens (tertiary/aromatic N) is 3. The van der Waals surface area contributed by atoms with E-state index >= 15 is 0 Å². The van der Waals surface area contributed by atoms with Crippen LogP contribution in [0.1, 0.15) is 21.7 Å². The van der Waals surface area contributed by atoms with Crippen molar-refractivity contribution in [2.45, 2.75) is 17.8 Å². The van der Waals surface area contributed by atoms with Crippen LogP contribution in [0.5, 0.6) is 5.75 Å². The molecule has 9 nitrogen and oxygen atoms in total. The number of benzene rings is 1. The van der Waals surface area contributed by atoms with Crippen LogP contribution in [-0.4, -0.2) is 20.4 Å². The molecule has 3 aromatic rings. The summed E-state index contributed by atoms with van der Waals surface area (Å²) in [5.41, 5.74) is -0.360. The molecule has 3 rings (SSSR count). The molecule has 0 saturated heterocycles. The molecule has 0 amide bonds. The molecular formula is C18H15N3O6S. The van der Waals surface area contributed by atoms with Crippen molar-refractivity contribution in [3.05, 3.63) is 80.1 Å². The molecule has 0 aliphatic heterocycles. The molecule has 10 heteroatoms. The minimum Gasteiger partial charge on any atom is -0.464 e. The zero-order valence-electron chi connectivity index (χ0n) is 14.9. The van der Waals surface area contributed by atoms with Gasteiger partial charge < -0.3 is 13.7 Å². The van der Waals surface area contributed by atoms with Crippen LogP contribution in [0.4, 0.5) is 5.69 Å². The average Bonchev–Trinajstić information content (AvgIpc) is 3.07. The summed E-state index contributed by atoms with van der Waals surface area (Å²) in [6.45, 7) is 1.56. The molecule has 1 aromatic carbocycles. The summed E-state index contributed by atoms with van der Waals surface area (Å²) in [7, 11) is 1.85. The lowest BCUT2D eigenvalue weighted by atomic mass is 10.1. The summed E-state index contributed by atoms with van der Waals surface area (Å²) < 4.78 is 12.2. The van der Waals surface area contributed by atoms with E-state index in [0.717, 1.165) is 17.5 Å². The molecule has 0 saturated carbocycles. The van der Waals surface area contributed by atoms with Crippen molar-refractivity contribution in [2.75, 3.05) is 0 Å². The third-order valence-corrected chi connectivity index (χ3v) is 4.90. The van der Waals surface area contributed by atoms with Crippen molar-refractivity contribution in [1.82, 2.24) is 9.55 Å². The zero-order chi connectivity index (χ0) is 20.3. The highest BCUT2D eigenvalue weighted by molar-refractivity contribution is 7.98. The third kappa shape index (κ3) is 4.29. The predicted octanol–water partition coefficient (Wildman–Crippen LogP) is 3.10. The van der Waals surface area contributed by atoms with E-state index in [2.05, 4.69) is 4.98 Å². The maximum absolute atomic E-state index is 12.2. The number of carbonyl (C=O) groups excluding carboxylic acids is 1. The Hall–Kier alpha value is -3.40. The first kappa shape index (κ1) is 19.4. The predicted molar refractivity (Wildman–Crippen MR) is 101 cm³/mol. The highest BCUT2D eigenvalue weighted by Gasteiger charge is 2.18. The fraction of sp³-hybridized carbons (Fsp3) is 0.167. The molecule has 28 heavy (non-hydrogen) atoms. The summed E-state index contributed by atoms with van der Waals surface area (Å²) in [6.07, 6.45) is 4.52. The van der Waals surface area contributed by atoms with E-state index in [4.69, 9.17) is 9.15 Å². The molecular weight excluding hydrogens is 386 g/mol. The molecule has 2 heterocycles. The second kappa shape index (κ2) is 8.09. The van der Waals surface area contributed by atoms with Gasteiger partial charge in [0.05, 0.1) is 16.2 Å². The Bertz CT molecular complexity index is 1100. The Morgan fingerprint density at radius 2 is 2.18 bits per heavy atom. The highest BCUT2D eigenvalue weighted by atomic mass is 32.2. The Morgan fingerprint density at radius 3 is 2.82 bits per heavy atom. The lowest BCUT2D eigenvalue weighted by Crippen LogP contribution is -2.15. The van der Waals surface area contributed by atoms with Gasteiger partial charge in [-0.25, -0.2) is 9.78 Å². The van der Waals surface area contributed by atoms with Gasteiger partial charge in [0.15, 0.2) is 5.16 Å². The van der Waals surface area contributed by atoms with Crippen molar-refractivity contribution in [1.29, 1.82) is 0 Å². The number of esters is 1. The molecule has 0 fully saturated rings. The van der Waals surface area contributed by atoms with E-state index in [-0.39, 0.29) is 17.0 Å². The van der Waals surface area contributed by atoms with Crippen LogP contribution >= 0.6 is 11.8 Å². The van der Waals surface area contributed by atoms with Crippen LogP contribution in [0.25, 0.3) is 0 Å². The van der Waals surface area contributed by atoms with E-state index in [0.29, 0.717) is 17.1 Å². The third-order valence-electron chi connectivity index (χ3n) is 3.82. The number of rotatable bonds is 6. The quantitative estimate of drug-likeness (QED) is 0.268. The van der Waals surface area contributed by atoms with Gasteiger partial charge in [-0.2, -0.15) is 0 Å². The van der Waals surface area contributed by atoms with Gasteiger partial charge in [0, 0.05) is 37.1 Å². The maximum Gasteiger partial charge on any atom is 0.344 e. The van der Waals surface area contributed by atoms with Crippen molar-refractivity contribution in [3.8, 4) is 5.75 Å². The summed E-state index contributed by atoms with van der Waals surface area (Å²) in [4.78, 5) is 39.0. The van der Waals surface area contributed by atoms with Gasteiger partial charge in [-0.05, 0) is 13.0 Å². The van der Waals surface area contributed by atoms with Crippen molar-refractivity contribution in [3.63, 3.8) is 0 Å². The first-order valence-electron chi connectivity index (χ1n) is 8.04. The lowest BCUT2D eigenvalue weighted by Gasteiger charge is -2.05. The van der Waals surface area contributed by atoms with Crippen LogP contribution in [0.2, 0.25) is 0 Å². The summed E-state index contributed by atoms with van der Waals surface area (Å²) >= 11 is 1.39. The Kier molecular flexibility index (Phi) is 5.59. The first-order valence-corrected chi connectivity index (χ1v) is 9.03. The summed E-state index contributed by atoms with van der Waals surface area (Å²) in [5, 5.41) is 11.8. The number of ether oxygens (including phenoxy) is 1. The number of hydrogen-bond acceptors (Lipinski definition) is 8. The van der Waals surface area contributed by atoms with Gasteiger partial charge in [-0.3, -0.25) is 14.9 Å². The largest absolute Gasteiger partial charge is 0.464 e. The summed E-state index contributed by atoms with van der Waals surface area (Å²) in [6, 6.07) is 5.17. The minimum absolute atomic E-state index is 0.0360. The second-order valence-electron chi connectivity index (χ2n) is 5.83. The number of imidazole rings is 1. The Balaban J connectivity index is 1.71. The monoisotopic (exact) mass is 401 g/mol. The molecule has 0 atom stereocenters. The van der Waals surface area contributed by atoms with Gasteiger partial charge in [0.25, 0.3) is 5.69 Å². The molecule has 0 aliphatic carbocycles. The van der Waals surface area contributed by atoms with E-state index in [1.54, 1.807) is 19.3 Å². The minimum atomic E-state index is -0.884. The maximum atomic E-state index is 12.2. The molecule has 0 spiro atoms. The van der Waals surface area contributed by atoms with E-state index in [1.807, 2.05) is 11.6 Å². The fourth-order valence-corrected chi connectivity index (χ4v) is 3.13. The van der Waals surface area contributed by atoms with Crippen molar-refractivity contribution >= 4 is 23.4 Å². The zero-order valence-corrected chi connectivity index (χ0v) is 15.8. The van der Waals surface area contributed by atoms with Gasteiger partial charge in [0.2, 0.25) is 11.2 Å². The van der Waals surface area contributed by atoms with Gasteiger partial charge in [0.1, 0.15) is 12.0 Å². The molecule has 0 unspecified atom stereocenters. The second-order valence-corrected chi connectivity index (χ2v) is 6.77. The van der Waals surface area contributed by atoms with E-state index < -0.39 is 16.3 Å². The van der Waals surface area contributed by atoms with Crippen LogP contribution in [0.3, 0.4) is 0 Å². The Morgan fingerprint density at radius 1 is 1.39 bits per heavy atom. The van der Waals surface area contributed by atoms with Gasteiger partial charge in [-0.15, -0.1) is 0 Å². The topological polar surface area (TPSA) is 117 Å². The molecule has 0 bridgehead atoms. The summed E-state index contributed by atoms with van der Waals surface area (Å²) in [5.74, 6) is -0.411. The standard InChI is InChI=1S/C18H15N3O6S/c1-11-3-4-12(7-14(11)21(24)25)17(23)27-16-9-26-13(8-15(16)22)10-28-18-19-5-6-20(18)2/h3-9H,10H2,1-2H3. The van der Waals surface area contributed by atoms with Crippen LogP contribution in [0, 0.1) is 17.0 Å². The number of nitro benzene ring substituents is 1. The van der Waals surface area contributed by atoms with Gasteiger partial charge in [-0.1, -0.05) is 17.8 Å². The Labute approximate surface area is 163 Å². The molecule has 144 valence electrons. The lowest BCUT2D eigenvalue weighted by molar-refractivity contribution is -0.385. The van der Waals surface area contributed by atoms with Crippen molar-refractivity contribution in [2.24, 2.45) is 7.05 Å². The molecule has 2 aromatic heterocycles. The number of hydrogen-bond donors (Lipinski definition) is 0. The fourth-order valence-electron chi connectivity index (χ4n) is 2.31. The number of carbonyl (C=O) groups is 1. The molecule has 0 N–H and O–H groups in total. The first-order chi connectivity index (χ1) is 13.3. The molecule has 0 aliphatic rings. The average molecular weight is 401 g/mol.